The van der Waals surface area contributed by atoms with E-state index < -0.39 is 0 Å². The van der Waals surface area contributed by atoms with Gasteiger partial charge in [-0.15, -0.1) is 0 Å². The molecule has 1 saturated carbocycles. The lowest BCUT2D eigenvalue weighted by atomic mass is 10.2. The monoisotopic (exact) mass is 193 g/mol. The van der Waals surface area contributed by atoms with Crippen molar-refractivity contribution in [3.63, 3.8) is 0 Å². The molecule has 3 nitrogen and oxygen atoms in total. The Balaban J connectivity index is 2.19. The van der Waals surface area contributed by atoms with Crippen LogP contribution >= 0.6 is 0 Å². The summed E-state index contributed by atoms with van der Waals surface area (Å²) in [4.78, 5) is 0. The Labute approximate surface area is 84.0 Å². The fourth-order valence-corrected chi connectivity index (χ4v) is 1.30. The van der Waals surface area contributed by atoms with Crippen LogP contribution in [-0.4, -0.2) is 20.3 Å². The number of nitrogens with one attached hydrogen (secondary N) is 1. The molecule has 0 amide bonds. The Morgan fingerprint density at radius 1 is 1.36 bits per heavy atom. The molecule has 0 aromatic heterocycles. The maximum absolute atomic E-state index is 5.73. The molecule has 1 aliphatic carbocycles. The van der Waals surface area contributed by atoms with E-state index >= 15 is 0 Å². The second kappa shape index (κ2) is 3.78. The Morgan fingerprint density at radius 2 is 2.14 bits per heavy atom. The molecule has 3 heteroatoms. The van der Waals surface area contributed by atoms with E-state index in [4.69, 9.17) is 9.47 Å². The molecule has 0 saturated heterocycles. The molecule has 0 bridgehead atoms. The smallest absolute Gasteiger partial charge is 0.143 e. The van der Waals surface area contributed by atoms with Gasteiger partial charge >= 0.3 is 0 Å². The average Bonchev–Trinajstić information content (AvgIpc) is 3.02. The maximum atomic E-state index is 5.73. The molecule has 1 fully saturated rings. The molecule has 0 atom stereocenters. The van der Waals surface area contributed by atoms with Crippen LogP contribution in [0.5, 0.6) is 11.5 Å². The van der Waals surface area contributed by atoms with E-state index in [0.717, 1.165) is 17.2 Å². The summed E-state index contributed by atoms with van der Waals surface area (Å²) in [7, 11) is 3.55. The van der Waals surface area contributed by atoms with Crippen LogP contribution in [0.15, 0.2) is 18.2 Å². The first-order valence-corrected chi connectivity index (χ1v) is 4.86. The molecule has 14 heavy (non-hydrogen) atoms. The number of ether oxygens (including phenoxy) is 2. The highest BCUT2D eigenvalue weighted by Crippen LogP contribution is 2.34. The van der Waals surface area contributed by atoms with Gasteiger partial charge in [-0.1, -0.05) is 0 Å². The lowest BCUT2D eigenvalue weighted by Crippen LogP contribution is -2.00. The lowest BCUT2D eigenvalue weighted by Gasteiger charge is -2.11. The molecule has 0 aliphatic heterocycles. The molecule has 0 radical (unpaired) electrons. The SMILES string of the molecule is CNc1cc(OC)ccc1OC1CC1. The molecule has 0 unspecified atom stereocenters. The van der Waals surface area contributed by atoms with E-state index in [-0.39, 0.29) is 0 Å². The summed E-state index contributed by atoms with van der Waals surface area (Å²) in [5.74, 6) is 1.76. The number of hydrogen-bond acceptors (Lipinski definition) is 3. The van der Waals surface area contributed by atoms with Crippen molar-refractivity contribution in [2.75, 3.05) is 19.5 Å². The molecule has 1 aromatic carbocycles. The van der Waals surface area contributed by atoms with Gasteiger partial charge in [-0.2, -0.15) is 0 Å². The van der Waals surface area contributed by atoms with E-state index in [2.05, 4.69) is 5.32 Å². The van der Waals surface area contributed by atoms with Crippen LogP contribution in [0.1, 0.15) is 12.8 Å². The molecule has 0 spiro atoms. The first kappa shape index (κ1) is 9.19. The molecule has 0 heterocycles. The van der Waals surface area contributed by atoms with Crippen molar-refractivity contribution in [1.29, 1.82) is 0 Å². The fourth-order valence-electron chi connectivity index (χ4n) is 1.30. The predicted molar refractivity (Wildman–Crippen MR) is 56.2 cm³/mol. The standard InChI is InChI=1S/C11H15NO2/c1-12-10-7-9(13-2)5-6-11(10)14-8-3-4-8/h5-8,12H,3-4H2,1-2H3. The summed E-state index contributed by atoms with van der Waals surface area (Å²) in [6.07, 6.45) is 2.78. The third-order valence-corrected chi connectivity index (χ3v) is 2.27. The zero-order valence-corrected chi connectivity index (χ0v) is 8.54. The van der Waals surface area contributed by atoms with Crippen molar-refractivity contribution in [2.24, 2.45) is 0 Å². The quantitative estimate of drug-likeness (QED) is 0.795. The Morgan fingerprint density at radius 3 is 2.71 bits per heavy atom. The van der Waals surface area contributed by atoms with Crippen molar-refractivity contribution >= 4 is 5.69 Å². The number of methoxy groups -OCH3 is 1. The number of anilines is 1. The maximum Gasteiger partial charge on any atom is 0.143 e. The van der Waals surface area contributed by atoms with Gasteiger partial charge in [0.05, 0.1) is 18.9 Å². The van der Waals surface area contributed by atoms with Crippen molar-refractivity contribution < 1.29 is 9.47 Å². The second-order valence-corrected chi connectivity index (χ2v) is 3.43. The number of benzene rings is 1. The predicted octanol–water partition coefficient (Wildman–Crippen LogP) is 2.28. The van der Waals surface area contributed by atoms with Gasteiger partial charge in [0.25, 0.3) is 0 Å². The van der Waals surface area contributed by atoms with Gasteiger partial charge in [-0.25, -0.2) is 0 Å². The largest absolute Gasteiger partial charge is 0.497 e. The van der Waals surface area contributed by atoms with Crippen LogP contribution < -0.4 is 14.8 Å². The molecule has 1 N–H and O–H groups in total. The summed E-state index contributed by atoms with van der Waals surface area (Å²) < 4.78 is 10.9. The molecule has 2 rings (SSSR count). The molecule has 1 aromatic rings. The highest BCUT2D eigenvalue weighted by atomic mass is 16.5. The third-order valence-electron chi connectivity index (χ3n) is 2.27. The van der Waals surface area contributed by atoms with Gasteiger partial charge in [0.1, 0.15) is 11.5 Å². The van der Waals surface area contributed by atoms with Gasteiger partial charge in [0.15, 0.2) is 0 Å². The number of hydrogen-bond donors (Lipinski definition) is 1. The highest BCUT2D eigenvalue weighted by molar-refractivity contribution is 5.59. The first-order chi connectivity index (χ1) is 6.83. The number of rotatable bonds is 4. The van der Waals surface area contributed by atoms with E-state index in [1.165, 1.54) is 12.8 Å². The second-order valence-electron chi connectivity index (χ2n) is 3.43. The normalized spacial score (nSPS) is 15.0. The van der Waals surface area contributed by atoms with Gasteiger partial charge in [-0.05, 0) is 25.0 Å². The molecule has 76 valence electrons. The Hall–Kier alpha value is -1.38. The zero-order chi connectivity index (χ0) is 9.97. The van der Waals surface area contributed by atoms with E-state index in [9.17, 15) is 0 Å². The average molecular weight is 193 g/mol. The molecular formula is C11H15NO2. The highest BCUT2D eigenvalue weighted by Gasteiger charge is 2.24. The van der Waals surface area contributed by atoms with Crippen LogP contribution in [0.3, 0.4) is 0 Å². The molecular weight excluding hydrogens is 178 g/mol. The molecule has 1 aliphatic rings. The minimum Gasteiger partial charge on any atom is -0.497 e. The third kappa shape index (κ3) is 1.92. The van der Waals surface area contributed by atoms with Crippen LogP contribution in [0.25, 0.3) is 0 Å². The van der Waals surface area contributed by atoms with Gasteiger partial charge in [0.2, 0.25) is 0 Å². The minimum absolute atomic E-state index is 0.426. The lowest BCUT2D eigenvalue weighted by molar-refractivity contribution is 0.304. The summed E-state index contributed by atoms with van der Waals surface area (Å²) in [6.45, 7) is 0. The van der Waals surface area contributed by atoms with Crippen molar-refractivity contribution in [3.8, 4) is 11.5 Å². The van der Waals surface area contributed by atoms with E-state index in [1.54, 1.807) is 7.11 Å². The van der Waals surface area contributed by atoms with Gasteiger partial charge in [0, 0.05) is 13.1 Å². The summed E-state index contributed by atoms with van der Waals surface area (Å²) in [5, 5.41) is 3.10. The van der Waals surface area contributed by atoms with E-state index in [1.807, 2.05) is 25.2 Å². The van der Waals surface area contributed by atoms with Crippen LogP contribution in [0.2, 0.25) is 0 Å². The zero-order valence-electron chi connectivity index (χ0n) is 8.54. The summed E-state index contributed by atoms with van der Waals surface area (Å²) >= 11 is 0. The summed E-state index contributed by atoms with van der Waals surface area (Å²) in [5.41, 5.74) is 0.983. The van der Waals surface area contributed by atoms with Crippen LogP contribution in [0.4, 0.5) is 5.69 Å². The minimum atomic E-state index is 0.426. The van der Waals surface area contributed by atoms with Crippen molar-refractivity contribution in [1.82, 2.24) is 0 Å². The van der Waals surface area contributed by atoms with Gasteiger partial charge < -0.3 is 14.8 Å². The topological polar surface area (TPSA) is 30.5 Å². The van der Waals surface area contributed by atoms with Crippen molar-refractivity contribution in [2.45, 2.75) is 18.9 Å². The van der Waals surface area contributed by atoms with Crippen LogP contribution in [-0.2, 0) is 0 Å². The Bertz CT molecular complexity index is 321. The van der Waals surface area contributed by atoms with Gasteiger partial charge in [-0.3, -0.25) is 0 Å². The van der Waals surface area contributed by atoms with E-state index in [0.29, 0.717) is 6.10 Å². The fraction of sp³-hybridized carbons (Fsp3) is 0.455. The Kier molecular flexibility index (Phi) is 2.48. The first-order valence-electron chi connectivity index (χ1n) is 4.86. The van der Waals surface area contributed by atoms with Crippen LogP contribution in [0, 0.1) is 0 Å². The van der Waals surface area contributed by atoms with Crippen molar-refractivity contribution in [3.05, 3.63) is 18.2 Å². The summed E-state index contributed by atoms with van der Waals surface area (Å²) in [6, 6.07) is 5.80.